The Labute approximate surface area is 96.8 Å². The Morgan fingerprint density at radius 3 is 2.88 bits per heavy atom. The fourth-order valence-corrected chi connectivity index (χ4v) is 1.69. The zero-order valence-corrected chi connectivity index (χ0v) is 10.1. The molecule has 88 valence electrons. The fourth-order valence-electron chi connectivity index (χ4n) is 1.69. The Bertz CT molecular complexity index is 350. The lowest BCUT2D eigenvalue weighted by Gasteiger charge is -2.11. The molecule has 1 aromatic carbocycles. The largest absolute Gasteiger partial charge is 0.497 e. The maximum absolute atomic E-state index is 11.2. The van der Waals surface area contributed by atoms with Crippen molar-refractivity contribution in [3.8, 4) is 5.75 Å². The summed E-state index contributed by atoms with van der Waals surface area (Å²) in [4.78, 5) is 11.2. The summed E-state index contributed by atoms with van der Waals surface area (Å²) in [6.07, 6.45) is 1.46. The van der Waals surface area contributed by atoms with Crippen LogP contribution in [0.5, 0.6) is 5.75 Å². The summed E-state index contributed by atoms with van der Waals surface area (Å²) in [5, 5.41) is 2.64. The average molecular weight is 221 g/mol. The van der Waals surface area contributed by atoms with Crippen molar-refractivity contribution in [2.45, 2.75) is 19.8 Å². The molecule has 16 heavy (non-hydrogen) atoms. The first kappa shape index (κ1) is 12.6. The van der Waals surface area contributed by atoms with Gasteiger partial charge in [0.1, 0.15) is 5.75 Å². The summed E-state index contributed by atoms with van der Waals surface area (Å²) in [6.45, 7) is 2.08. The molecule has 0 aromatic heterocycles. The number of amides is 1. The molecule has 0 spiro atoms. The molecule has 3 nitrogen and oxygen atoms in total. The molecule has 1 N–H and O–H groups in total. The SMILES string of the molecule is CNC(=O)C[C@@H](C)Cc1cccc(OC)c1. The van der Waals surface area contributed by atoms with Gasteiger partial charge in [-0.2, -0.15) is 0 Å². The number of carbonyl (C=O) groups excluding carboxylic acids is 1. The minimum Gasteiger partial charge on any atom is -0.497 e. The van der Waals surface area contributed by atoms with Gasteiger partial charge in [0.15, 0.2) is 0 Å². The van der Waals surface area contributed by atoms with Gasteiger partial charge < -0.3 is 10.1 Å². The van der Waals surface area contributed by atoms with Crippen molar-refractivity contribution in [1.82, 2.24) is 5.32 Å². The highest BCUT2D eigenvalue weighted by atomic mass is 16.5. The highest BCUT2D eigenvalue weighted by molar-refractivity contribution is 5.75. The third-order valence-corrected chi connectivity index (χ3v) is 2.53. The zero-order valence-electron chi connectivity index (χ0n) is 10.1. The Morgan fingerprint density at radius 1 is 1.50 bits per heavy atom. The van der Waals surface area contributed by atoms with E-state index in [9.17, 15) is 4.79 Å². The van der Waals surface area contributed by atoms with E-state index in [4.69, 9.17) is 4.74 Å². The predicted molar refractivity (Wildman–Crippen MR) is 64.5 cm³/mol. The summed E-state index contributed by atoms with van der Waals surface area (Å²) in [5.74, 6) is 1.30. The van der Waals surface area contributed by atoms with E-state index >= 15 is 0 Å². The number of ether oxygens (including phenoxy) is 1. The van der Waals surface area contributed by atoms with E-state index in [-0.39, 0.29) is 5.91 Å². The number of benzene rings is 1. The van der Waals surface area contributed by atoms with Crippen LogP contribution in [-0.4, -0.2) is 20.1 Å². The molecule has 0 unspecified atom stereocenters. The second kappa shape index (κ2) is 6.16. The van der Waals surface area contributed by atoms with Gasteiger partial charge in [0.25, 0.3) is 0 Å². The van der Waals surface area contributed by atoms with Crippen LogP contribution < -0.4 is 10.1 Å². The van der Waals surface area contributed by atoms with Crippen LogP contribution in [0.1, 0.15) is 18.9 Å². The molecule has 1 atom stereocenters. The lowest BCUT2D eigenvalue weighted by atomic mass is 9.98. The van der Waals surface area contributed by atoms with Crippen molar-refractivity contribution in [2.24, 2.45) is 5.92 Å². The second-order valence-electron chi connectivity index (χ2n) is 4.04. The standard InChI is InChI=1S/C13H19NO2/c1-10(8-13(15)14-2)7-11-5-4-6-12(9-11)16-3/h4-6,9-10H,7-8H2,1-3H3,(H,14,15)/t10-/m0/s1. The Kier molecular flexibility index (Phi) is 4.83. The van der Waals surface area contributed by atoms with Gasteiger partial charge in [0.05, 0.1) is 7.11 Å². The smallest absolute Gasteiger partial charge is 0.220 e. The van der Waals surface area contributed by atoms with E-state index in [1.165, 1.54) is 5.56 Å². The van der Waals surface area contributed by atoms with Gasteiger partial charge in [-0.25, -0.2) is 0 Å². The number of nitrogens with one attached hydrogen (secondary N) is 1. The molecular formula is C13H19NO2. The van der Waals surface area contributed by atoms with E-state index in [2.05, 4.69) is 18.3 Å². The van der Waals surface area contributed by atoms with Crippen LogP contribution in [0.25, 0.3) is 0 Å². The number of hydrogen-bond donors (Lipinski definition) is 1. The maximum Gasteiger partial charge on any atom is 0.220 e. The third kappa shape index (κ3) is 3.93. The van der Waals surface area contributed by atoms with Crippen molar-refractivity contribution in [3.63, 3.8) is 0 Å². The number of methoxy groups -OCH3 is 1. The van der Waals surface area contributed by atoms with E-state index in [0.717, 1.165) is 12.2 Å². The monoisotopic (exact) mass is 221 g/mol. The van der Waals surface area contributed by atoms with Crippen molar-refractivity contribution in [2.75, 3.05) is 14.2 Å². The van der Waals surface area contributed by atoms with E-state index in [1.54, 1.807) is 14.2 Å². The van der Waals surface area contributed by atoms with E-state index in [1.807, 2.05) is 18.2 Å². The molecule has 3 heteroatoms. The van der Waals surface area contributed by atoms with E-state index in [0.29, 0.717) is 12.3 Å². The molecule has 0 aliphatic carbocycles. The number of carbonyl (C=O) groups is 1. The molecule has 0 saturated carbocycles. The molecule has 0 heterocycles. The Morgan fingerprint density at radius 2 is 2.25 bits per heavy atom. The molecule has 0 aliphatic heterocycles. The summed E-state index contributed by atoms with van der Waals surface area (Å²) in [7, 11) is 3.33. The van der Waals surface area contributed by atoms with Crippen molar-refractivity contribution < 1.29 is 9.53 Å². The first-order valence-electron chi connectivity index (χ1n) is 5.49. The fraction of sp³-hybridized carbons (Fsp3) is 0.462. The summed E-state index contributed by atoms with van der Waals surface area (Å²) < 4.78 is 5.16. The van der Waals surface area contributed by atoms with Crippen LogP contribution in [0.15, 0.2) is 24.3 Å². The number of hydrogen-bond acceptors (Lipinski definition) is 2. The Balaban J connectivity index is 2.55. The molecular weight excluding hydrogens is 202 g/mol. The van der Waals surface area contributed by atoms with Crippen molar-refractivity contribution in [1.29, 1.82) is 0 Å². The first-order valence-corrected chi connectivity index (χ1v) is 5.49. The summed E-state index contributed by atoms with van der Waals surface area (Å²) >= 11 is 0. The summed E-state index contributed by atoms with van der Waals surface area (Å²) in [6, 6.07) is 7.97. The van der Waals surface area contributed by atoms with Crippen LogP contribution in [-0.2, 0) is 11.2 Å². The normalized spacial score (nSPS) is 11.9. The minimum absolute atomic E-state index is 0.0930. The van der Waals surface area contributed by atoms with Crippen molar-refractivity contribution in [3.05, 3.63) is 29.8 Å². The lowest BCUT2D eigenvalue weighted by Crippen LogP contribution is -2.20. The minimum atomic E-state index is 0.0930. The van der Waals surface area contributed by atoms with Crippen LogP contribution >= 0.6 is 0 Å². The average Bonchev–Trinajstić information content (AvgIpc) is 2.28. The highest BCUT2D eigenvalue weighted by Gasteiger charge is 2.08. The lowest BCUT2D eigenvalue weighted by molar-refractivity contribution is -0.121. The van der Waals surface area contributed by atoms with Gasteiger partial charge in [-0.15, -0.1) is 0 Å². The van der Waals surface area contributed by atoms with Crippen LogP contribution in [0.4, 0.5) is 0 Å². The summed E-state index contributed by atoms with van der Waals surface area (Å²) in [5.41, 5.74) is 1.20. The molecule has 0 fully saturated rings. The topological polar surface area (TPSA) is 38.3 Å². The first-order chi connectivity index (χ1) is 7.65. The molecule has 1 aromatic rings. The van der Waals surface area contributed by atoms with Crippen LogP contribution in [0.3, 0.4) is 0 Å². The highest BCUT2D eigenvalue weighted by Crippen LogP contribution is 2.17. The third-order valence-electron chi connectivity index (χ3n) is 2.53. The predicted octanol–water partition coefficient (Wildman–Crippen LogP) is 2.01. The van der Waals surface area contributed by atoms with Gasteiger partial charge in [0, 0.05) is 13.5 Å². The molecule has 0 aliphatic rings. The van der Waals surface area contributed by atoms with Gasteiger partial charge >= 0.3 is 0 Å². The quantitative estimate of drug-likeness (QED) is 0.826. The van der Waals surface area contributed by atoms with Gasteiger partial charge in [-0.3, -0.25) is 4.79 Å². The van der Waals surface area contributed by atoms with Crippen LogP contribution in [0, 0.1) is 5.92 Å². The molecule has 1 amide bonds. The molecule has 0 radical (unpaired) electrons. The number of rotatable bonds is 5. The van der Waals surface area contributed by atoms with Crippen LogP contribution in [0.2, 0.25) is 0 Å². The second-order valence-corrected chi connectivity index (χ2v) is 4.04. The van der Waals surface area contributed by atoms with E-state index < -0.39 is 0 Å². The maximum atomic E-state index is 11.2. The van der Waals surface area contributed by atoms with Gasteiger partial charge in [-0.1, -0.05) is 19.1 Å². The molecule has 1 rings (SSSR count). The Hall–Kier alpha value is -1.51. The van der Waals surface area contributed by atoms with Gasteiger partial charge in [-0.05, 0) is 30.0 Å². The molecule has 0 bridgehead atoms. The zero-order chi connectivity index (χ0) is 12.0. The van der Waals surface area contributed by atoms with Crippen molar-refractivity contribution >= 4 is 5.91 Å². The van der Waals surface area contributed by atoms with Gasteiger partial charge in [0.2, 0.25) is 5.91 Å². The molecule has 0 saturated heterocycles.